The Kier molecular flexibility index (Phi) is 7.00. The van der Waals surface area contributed by atoms with Crippen molar-refractivity contribution in [2.24, 2.45) is 5.92 Å². The number of nitrogens with one attached hydrogen (secondary N) is 1. The number of rotatable bonds is 4. The largest absolute Gasteiger partial charge is 0.416 e. The van der Waals surface area contributed by atoms with Crippen LogP contribution in [0.4, 0.5) is 23.8 Å². The van der Waals surface area contributed by atoms with E-state index in [0.717, 1.165) is 12.1 Å². The summed E-state index contributed by atoms with van der Waals surface area (Å²) in [5.41, 5.74) is -0.216. The molecule has 32 heavy (non-hydrogen) atoms. The fraction of sp³-hybridized carbons (Fsp3) is 0.455. The van der Waals surface area contributed by atoms with Crippen LogP contribution in [-0.4, -0.2) is 57.9 Å². The number of anilines is 1. The van der Waals surface area contributed by atoms with Crippen LogP contribution in [-0.2, 0) is 11.0 Å². The second kappa shape index (κ2) is 9.54. The Morgan fingerprint density at radius 2 is 1.84 bits per heavy atom. The highest BCUT2D eigenvalue weighted by atomic mass is 19.4. The zero-order chi connectivity index (χ0) is 23.5. The Morgan fingerprint density at radius 3 is 2.41 bits per heavy atom. The Bertz CT molecular complexity index is 955. The number of benzene rings is 1. The minimum atomic E-state index is -4.44. The molecule has 0 spiro atoms. The molecular formula is C22H26F3N5O2. The molecule has 1 aromatic carbocycles. The quantitative estimate of drug-likeness (QED) is 0.756. The van der Waals surface area contributed by atoms with Crippen LogP contribution < -0.4 is 5.32 Å². The molecule has 0 radical (unpaired) electrons. The van der Waals surface area contributed by atoms with Gasteiger partial charge in [-0.1, -0.05) is 26.0 Å². The van der Waals surface area contributed by atoms with Crippen LogP contribution in [0.3, 0.4) is 0 Å². The second-order valence-electron chi connectivity index (χ2n) is 8.12. The minimum absolute atomic E-state index is 0.0106. The second-order valence-corrected chi connectivity index (χ2v) is 8.12. The van der Waals surface area contributed by atoms with Gasteiger partial charge < -0.3 is 9.80 Å². The fourth-order valence-corrected chi connectivity index (χ4v) is 3.60. The molecular weight excluding hydrogens is 423 g/mol. The number of urea groups is 1. The van der Waals surface area contributed by atoms with Gasteiger partial charge in [-0.3, -0.25) is 15.1 Å². The first-order valence-electron chi connectivity index (χ1n) is 10.4. The molecule has 1 aromatic heterocycles. The summed E-state index contributed by atoms with van der Waals surface area (Å²) in [5.74, 6) is 0.266. The number of carbonyl (C=O) groups excluding carboxylic acids is 2. The van der Waals surface area contributed by atoms with Gasteiger partial charge in [0.05, 0.1) is 23.7 Å². The van der Waals surface area contributed by atoms with Crippen LogP contribution in [0.1, 0.15) is 32.3 Å². The lowest BCUT2D eigenvalue weighted by atomic mass is 10.0. The summed E-state index contributed by atoms with van der Waals surface area (Å²) in [6.07, 6.45) is -0.447. The Balaban J connectivity index is 1.59. The van der Waals surface area contributed by atoms with E-state index >= 15 is 0 Å². The summed E-state index contributed by atoms with van der Waals surface area (Å²) in [5, 5.41) is 2.66. The molecule has 1 fully saturated rings. The summed E-state index contributed by atoms with van der Waals surface area (Å²) in [7, 11) is 1.68. The number of alkyl halides is 3. The molecule has 0 saturated carbocycles. The first-order valence-corrected chi connectivity index (χ1v) is 10.4. The normalized spacial score (nSPS) is 15.0. The molecule has 0 bridgehead atoms. The van der Waals surface area contributed by atoms with Crippen molar-refractivity contribution >= 4 is 17.8 Å². The van der Waals surface area contributed by atoms with Gasteiger partial charge in [-0.05, 0) is 25.0 Å². The van der Waals surface area contributed by atoms with E-state index in [2.05, 4.69) is 15.3 Å². The van der Waals surface area contributed by atoms with Gasteiger partial charge in [0, 0.05) is 37.7 Å². The molecule has 0 atom stereocenters. The Hall–Kier alpha value is -3.17. The zero-order valence-electron chi connectivity index (χ0n) is 18.2. The van der Waals surface area contributed by atoms with Gasteiger partial charge in [-0.2, -0.15) is 13.2 Å². The predicted octanol–water partition coefficient (Wildman–Crippen LogP) is 4.27. The predicted molar refractivity (Wildman–Crippen MR) is 114 cm³/mol. The molecule has 2 aromatic rings. The van der Waals surface area contributed by atoms with Gasteiger partial charge in [0.25, 0.3) is 0 Å². The SMILES string of the molecule is CC(C)C(=O)N1CCC(N(C)C(=O)Nc2cnc(-c3cccc(C(F)(F)F)c3)cn2)CC1. The highest BCUT2D eigenvalue weighted by Crippen LogP contribution is 2.31. The summed E-state index contributed by atoms with van der Waals surface area (Å²) < 4.78 is 38.7. The average Bonchev–Trinajstić information content (AvgIpc) is 2.78. The summed E-state index contributed by atoms with van der Waals surface area (Å²) in [6.45, 7) is 4.94. The molecule has 172 valence electrons. The lowest BCUT2D eigenvalue weighted by Gasteiger charge is -2.37. The summed E-state index contributed by atoms with van der Waals surface area (Å²) in [4.78, 5) is 36.4. The van der Waals surface area contributed by atoms with Crippen LogP contribution in [0.25, 0.3) is 11.3 Å². The molecule has 1 N–H and O–H groups in total. The van der Waals surface area contributed by atoms with E-state index in [1.54, 1.807) is 11.9 Å². The molecule has 0 unspecified atom stereocenters. The molecule has 10 heteroatoms. The van der Waals surface area contributed by atoms with Gasteiger partial charge in [-0.15, -0.1) is 0 Å². The van der Waals surface area contributed by atoms with Crippen molar-refractivity contribution in [1.82, 2.24) is 19.8 Å². The van der Waals surface area contributed by atoms with Gasteiger partial charge >= 0.3 is 12.2 Å². The third-order valence-electron chi connectivity index (χ3n) is 5.51. The Morgan fingerprint density at radius 1 is 1.16 bits per heavy atom. The molecule has 7 nitrogen and oxygen atoms in total. The third kappa shape index (κ3) is 5.54. The molecule has 3 amide bonds. The summed E-state index contributed by atoms with van der Waals surface area (Å²) in [6, 6.07) is 4.45. The molecule has 1 saturated heterocycles. The molecule has 1 aliphatic rings. The standard InChI is InChI=1S/C22H26F3N5O2/c1-14(2)20(31)30-9-7-17(8-10-30)29(3)21(32)28-19-13-26-18(12-27-19)15-5-4-6-16(11-15)22(23,24)25/h4-6,11-14,17H,7-10H2,1-3H3,(H,27,28,32). The molecule has 0 aliphatic carbocycles. The Labute approximate surface area is 184 Å². The molecule has 2 heterocycles. The average molecular weight is 449 g/mol. The highest BCUT2D eigenvalue weighted by molar-refractivity contribution is 5.88. The number of aromatic nitrogens is 2. The van der Waals surface area contributed by atoms with Crippen LogP contribution in [0.5, 0.6) is 0 Å². The number of carbonyl (C=O) groups is 2. The number of piperidine rings is 1. The van der Waals surface area contributed by atoms with Crippen molar-refractivity contribution in [2.45, 2.75) is 38.9 Å². The maximum atomic E-state index is 12.9. The van der Waals surface area contributed by atoms with Crippen molar-refractivity contribution in [3.8, 4) is 11.3 Å². The van der Waals surface area contributed by atoms with Gasteiger partial charge in [0.15, 0.2) is 5.82 Å². The summed E-state index contributed by atoms with van der Waals surface area (Å²) >= 11 is 0. The molecule has 1 aliphatic heterocycles. The zero-order valence-corrected chi connectivity index (χ0v) is 18.2. The van der Waals surface area contributed by atoms with Crippen LogP contribution in [0.15, 0.2) is 36.7 Å². The highest BCUT2D eigenvalue weighted by Gasteiger charge is 2.31. The monoisotopic (exact) mass is 449 g/mol. The van der Waals surface area contributed by atoms with Crippen LogP contribution >= 0.6 is 0 Å². The van der Waals surface area contributed by atoms with Crippen molar-refractivity contribution in [3.63, 3.8) is 0 Å². The van der Waals surface area contributed by atoms with Crippen molar-refractivity contribution < 1.29 is 22.8 Å². The number of likely N-dealkylation sites (tertiary alicyclic amines) is 1. The van der Waals surface area contributed by atoms with Crippen molar-refractivity contribution in [1.29, 1.82) is 0 Å². The smallest absolute Gasteiger partial charge is 0.342 e. The molecule has 3 rings (SSSR count). The first-order chi connectivity index (χ1) is 15.1. The number of hydrogen-bond donors (Lipinski definition) is 1. The maximum Gasteiger partial charge on any atom is 0.416 e. The van der Waals surface area contributed by atoms with E-state index in [0.29, 0.717) is 25.9 Å². The van der Waals surface area contributed by atoms with Gasteiger partial charge in [-0.25, -0.2) is 9.78 Å². The minimum Gasteiger partial charge on any atom is -0.342 e. The number of nitrogens with zero attached hydrogens (tertiary/aromatic N) is 4. The van der Waals surface area contributed by atoms with E-state index < -0.39 is 11.7 Å². The first kappa shape index (κ1) is 23.5. The fourth-order valence-electron chi connectivity index (χ4n) is 3.60. The number of halogens is 3. The van der Waals surface area contributed by atoms with E-state index in [1.807, 2.05) is 18.7 Å². The van der Waals surface area contributed by atoms with Crippen LogP contribution in [0, 0.1) is 5.92 Å². The third-order valence-corrected chi connectivity index (χ3v) is 5.51. The van der Waals surface area contributed by atoms with Gasteiger partial charge in [0.2, 0.25) is 5.91 Å². The van der Waals surface area contributed by atoms with Gasteiger partial charge in [0.1, 0.15) is 0 Å². The van der Waals surface area contributed by atoms with Crippen LogP contribution in [0.2, 0.25) is 0 Å². The maximum absolute atomic E-state index is 12.9. The lowest BCUT2D eigenvalue weighted by molar-refractivity contribution is -0.137. The lowest BCUT2D eigenvalue weighted by Crippen LogP contribution is -2.49. The van der Waals surface area contributed by atoms with Crippen molar-refractivity contribution in [2.75, 3.05) is 25.5 Å². The van der Waals surface area contributed by atoms with E-state index in [1.165, 1.54) is 24.5 Å². The van der Waals surface area contributed by atoms with E-state index in [-0.39, 0.29) is 41.0 Å². The topological polar surface area (TPSA) is 78.4 Å². The van der Waals surface area contributed by atoms with Crippen molar-refractivity contribution in [3.05, 3.63) is 42.2 Å². The van der Waals surface area contributed by atoms with E-state index in [9.17, 15) is 22.8 Å². The number of hydrogen-bond acceptors (Lipinski definition) is 4. The van der Waals surface area contributed by atoms with E-state index in [4.69, 9.17) is 0 Å². The number of amides is 3.